The Bertz CT molecular complexity index is 202. The molecule has 88 valence electrons. The summed E-state index contributed by atoms with van der Waals surface area (Å²) in [4.78, 5) is 13.9. The first kappa shape index (κ1) is 14.2. The Morgan fingerprint density at radius 2 is 2.13 bits per heavy atom. The van der Waals surface area contributed by atoms with Crippen molar-refractivity contribution in [2.75, 3.05) is 13.1 Å². The summed E-state index contributed by atoms with van der Waals surface area (Å²) in [5.41, 5.74) is 5.62. The van der Waals surface area contributed by atoms with Gasteiger partial charge in [0.15, 0.2) is 0 Å². The van der Waals surface area contributed by atoms with E-state index in [1.165, 1.54) is 0 Å². The van der Waals surface area contributed by atoms with Crippen LogP contribution in [0, 0.1) is 5.92 Å². The van der Waals surface area contributed by atoms with Crippen molar-refractivity contribution in [3.8, 4) is 0 Å². The lowest BCUT2D eigenvalue weighted by molar-refractivity contribution is -0.136. The zero-order valence-corrected chi connectivity index (χ0v) is 10.2. The van der Waals surface area contributed by atoms with Crippen molar-refractivity contribution in [2.45, 2.75) is 39.7 Å². The quantitative estimate of drug-likeness (QED) is 0.654. The average Bonchev–Trinajstić information content (AvgIpc) is 2.21. The molecule has 0 spiro atoms. The number of amides is 1. The van der Waals surface area contributed by atoms with Crippen LogP contribution < -0.4 is 5.73 Å². The lowest BCUT2D eigenvalue weighted by atomic mass is 10.0. The van der Waals surface area contributed by atoms with Crippen molar-refractivity contribution in [3.05, 3.63) is 12.7 Å². The molecule has 0 aromatic heterocycles. The third kappa shape index (κ3) is 4.47. The Morgan fingerprint density at radius 1 is 1.53 bits per heavy atom. The summed E-state index contributed by atoms with van der Waals surface area (Å²) in [6.45, 7) is 10.8. The smallest absolute Gasteiger partial charge is 0.227 e. The van der Waals surface area contributed by atoms with Gasteiger partial charge in [0.2, 0.25) is 5.91 Å². The molecule has 0 fully saturated rings. The average molecular weight is 212 g/mol. The molecule has 0 heterocycles. The van der Waals surface area contributed by atoms with Crippen LogP contribution in [0.3, 0.4) is 0 Å². The maximum absolute atomic E-state index is 12.1. The lowest BCUT2D eigenvalue weighted by Gasteiger charge is -2.29. The SMILES string of the molecule is C=CCN(C(=O)C(CN)CCC)C(C)C. The summed E-state index contributed by atoms with van der Waals surface area (Å²) in [5, 5.41) is 0. The van der Waals surface area contributed by atoms with E-state index in [2.05, 4.69) is 13.5 Å². The van der Waals surface area contributed by atoms with Gasteiger partial charge in [0.25, 0.3) is 0 Å². The molecule has 15 heavy (non-hydrogen) atoms. The molecule has 0 saturated heterocycles. The summed E-state index contributed by atoms with van der Waals surface area (Å²) in [5.74, 6) is 0.131. The first-order valence-corrected chi connectivity index (χ1v) is 5.69. The predicted octanol–water partition coefficient (Wildman–Crippen LogP) is 1.78. The molecular formula is C12H24N2O. The number of carbonyl (C=O) groups is 1. The van der Waals surface area contributed by atoms with Crippen LogP contribution in [0.2, 0.25) is 0 Å². The van der Waals surface area contributed by atoms with Crippen molar-refractivity contribution in [2.24, 2.45) is 11.7 Å². The van der Waals surface area contributed by atoms with Crippen molar-refractivity contribution in [1.29, 1.82) is 0 Å². The Balaban J connectivity index is 4.51. The van der Waals surface area contributed by atoms with E-state index in [1.807, 2.05) is 18.7 Å². The number of nitrogens with zero attached hydrogens (tertiary/aromatic N) is 1. The Labute approximate surface area is 93.3 Å². The van der Waals surface area contributed by atoms with E-state index in [0.29, 0.717) is 13.1 Å². The highest BCUT2D eigenvalue weighted by Gasteiger charge is 2.23. The molecule has 1 atom stereocenters. The van der Waals surface area contributed by atoms with Gasteiger partial charge in [0.1, 0.15) is 0 Å². The van der Waals surface area contributed by atoms with E-state index < -0.39 is 0 Å². The molecule has 0 saturated carbocycles. The van der Waals surface area contributed by atoms with Crippen LogP contribution in [0.15, 0.2) is 12.7 Å². The van der Waals surface area contributed by atoms with Crippen molar-refractivity contribution < 1.29 is 4.79 Å². The molecule has 0 aromatic rings. The molecule has 0 bridgehead atoms. The van der Waals surface area contributed by atoms with Crippen LogP contribution in [-0.2, 0) is 4.79 Å². The number of hydrogen-bond donors (Lipinski definition) is 1. The molecule has 1 amide bonds. The van der Waals surface area contributed by atoms with E-state index in [-0.39, 0.29) is 17.9 Å². The van der Waals surface area contributed by atoms with Crippen molar-refractivity contribution in [3.63, 3.8) is 0 Å². The van der Waals surface area contributed by atoms with Gasteiger partial charge < -0.3 is 10.6 Å². The van der Waals surface area contributed by atoms with Gasteiger partial charge in [0, 0.05) is 19.1 Å². The highest BCUT2D eigenvalue weighted by Crippen LogP contribution is 2.11. The number of nitrogens with two attached hydrogens (primary N) is 1. The molecule has 0 radical (unpaired) electrons. The van der Waals surface area contributed by atoms with E-state index in [4.69, 9.17) is 5.73 Å². The van der Waals surface area contributed by atoms with Crippen LogP contribution in [0.4, 0.5) is 0 Å². The second kappa shape index (κ2) is 7.46. The Morgan fingerprint density at radius 3 is 2.47 bits per heavy atom. The molecule has 3 nitrogen and oxygen atoms in total. The summed E-state index contributed by atoms with van der Waals surface area (Å²) in [7, 11) is 0. The minimum Gasteiger partial charge on any atom is -0.336 e. The molecular weight excluding hydrogens is 188 g/mol. The second-order valence-electron chi connectivity index (χ2n) is 4.09. The fraction of sp³-hybridized carbons (Fsp3) is 0.750. The molecule has 0 rings (SSSR count). The summed E-state index contributed by atoms with van der Waals surface area (Å²) >= 11 is 0. The zero-order valence-electron chi connectivity index (χ0n) is 10.2. The fourth-order valence-corrected chi connectivity index (χ4v) is 1.62. The van der Waals surface area contributed by atoms with Gasteiger partial charge in [-0.1, -0.05) is 19.4 Å². The minimum atomic E-state index is -0.0302. The maximum atomic E-state index is 12.1. The first-order chi connectivity index (χ1) is 7.08. The van der Waals surface area contributed by atoms with Gasteiger partial charge in [-0.2, -0.15) is 0 Å². The van der Waals surface area contributed by atoms with Crippen LogP contribution >= 0.6 is 0 Å². The van der Waals surface area contributed by atoms with Gasteiger partial charge in [0.05, 0.1) is 5.92 Å². The van der Waals surface area contributed by atoms with Gasteiger partial charge in [-0.05, 0) is 20.3 Å². The van der Waals surface area contributed by atoms with Gasteiger partial charge in [-0.25, -0.2) is 0 Å². The number of carbonyl (C=O) groups excluding carboxylic acids is 1. The third-order valence-electron chi connectivity index (χ3n) is 2.50. The number of rotatable bonds is 7. The standard InChI is InChI=1S/C12H24N2O/c1-5-7-11(9-13)12(15)14(8-6-2)10(3)4/h6,10-11H,2,5,7-9,13H2,1,3-4H3. The van der Waals surface area contributed by atoms with Crippen LogP contribution in [0.1, 0.15) is 33.6 Å². The van der Waals surface area contributed by atoms with Crippen LogP contribution in [0.25, 0.3) is 0 Å². The molecule has 2 N–H and O–H groups in total. The second-order valence-corrected chi connectivity index (χ2v) is 4.09. The van der Waals surface area contributed by atoms with Crippen LogP contribution in [0.5, 0.6) is 0 Å². The molecule has 0 aromatic carbocycles. The highest BCUT2D eigenvalue weighted by atomic mass is 16.2. The van der Waals surface area contributed by atoms with Gasteiger partial charge >= 0.3 is 0 Å². The monoisotopic (exact) mass is 212 g/mol. The van der Waals surface area contributed by atoms with E-state index in [0.717, 1.165) is 12.8 Å². The third-order valence-corrected chi connectivity index (χ3v) is 2.50. The molecule has 0 aliphatic carbocycles. The van der Waals surface area contributed by atoms with Gasteiger partial charge in [-0.3, -0.25) is 4.79 Å². The van der Waals surface area contributed by atoms with Gasteiger partial charge in [-0.15, -0.1) is 6.58 Å². The first-order valence-electron chi connectivity index (χ1n) is 5.69. The molecule has 3 heteroatoms. The van der Waals surface area contributed by atoms with Crippen molar-refractivity contribution >= 4 is 5.91 Å². The van der Waals surface area contributed by atoms with Crippen molar-refractivity contribution in [1.82, 2.24) is 4.90 Å². The van der Waals surface area contributed by atoms with E-state index >= 15 is 0 Å². The zero-order chi connectivity index (χ0) is 11.8. The predicted molar refractivity (Wildman–Crippen MR) is 64.5 cm³/mol. The van der Waals surface area contributed by atoms with E-state index in [9.17, 15) is 4.79 Å². The van der Waals surface area contributed by atoms with E-state index in [1.54, 1.807) is 6.08 Å². The largest absolute Gasteiger partial charge is 0.336 e. The maximum Gasteiger partial charge on any atom is 0.227 e. The fourth-order valence-electron chi connectivity index (χ4n) is 1.62. The minimum absolute atomic E-state index is 0.0302. The van der Waals surface area contributed by atoms with Crippen LogP contribution in [-0.4, -0.2) is 29.9 Å². The highest BCUT2D eigenvalue weighted by molar-refractivity contribution is 5.79. The summed E-state index contributed by atoms with van der Waals surface area (Å²) in [6, 6.07) is 0.210. The molecule has 0 aliphatic heterocycles. The number of hydrogen-bond acceptors (Lipinski definition) is 2. The normalized spacial score (nSPS) is 12.6. The Hall–Kier alpha value is -0.830. The molecule has 0 aliphatic rings. The topological polar surface area (TPSA) is 46.3 Å². The lowest BCUT2D eigenvalue weighted by Crippen LogP contribution is -2.43. The summed E-state index contributed by atoms with van der Waals surface area (Å²) < 4.78 is 0. The Kier molecular flexibility index (Phi) is 7.05. The summed E-state index contributed by atoms with van der Waals surface area (Å²) in [6.07, 6.45) is 3.63. The molecule has 1 unspecified atom stereocenters.